The zero-order valence-corrected chi connectivity index (χ0v) is 10.6. The molecule has 1 N–H and O–H groups in total. The van der Waals surface area contributed by atoms with Gasteiger partial charge in [0.05, 0.1) is 5.41 Å². The van der Waals surface area contributed by atoms with Gasteiger partial charge in [0.2, 0.25) is 0 Å². The number of aliphatic carboxylic acids is 1. The molecule has 1 aromatic carbocycles. The maximum Gasteiger partial charge on any atom is 0.310 e. The van der Waals surface area contributed by atoms with E-state index in [0.717, 1.165) is 6.42 Å². The van der Waals surface area contributed by atoms with Gasteiger partial charge in [-0.05, 0) is 38.8 Å². The molecular formula is C14H19NO2. The molecule has 17 heavy (non-hydrogen) atoms. The van der Waals surface area contributed by atoms with E-state index in [-0.39, 0.29) is 0 Å². The summed E-state index contributed by atoms with van der Waals surface area (Å²) in [5.41, 5.74) is 1.79. The van der Waals surface area contributed by atoms with Crippen molar-refractivity contribution in [3.05, 3.63) is 29.8 Å². The van der Waals surface area contributed by atoms with Gasteiger partial charge in [-0.2, -0.15) is 0 Å². The summed E-state index contributed by atoms with van der Waals surface area (Å²) in [5, 5.41) is 9.21. The fourth-order valence-corrected chi connectivity index (χ4v) is 2.36. The Balaban J connectivity index is 2.26. The van der Waals surface area contributed by atoms with Gasteiger partial charge in [0, 0.05) is 18.3 Å². The fraction of sp³-hybridized carbons (Fsp3) is 0.500. The Morgan fingerprint density at radius 1 is 1.47 bits per heavy atom. The van der Waals surface area contributed by atoms with Crippen LogP contribution in [0.15, 0.2) is 24.3 Å². The van der Waals surface area contributed by atoms with Crippen LogP contribution in [0, 0.1) is 5.41 Å². The van der Waals surface area contributed by atoms with Crippen molar-refractivity contribution in [3.63, 3.8) is 0 Å². The van der Waals surface area contributed by atoms with Gasteiger partial charge in [-0.25, -0.2) is 0 Å². The highest BCUT2D eigenvalue weighted by atomic mass is 16.4. The molecule has 0 saturated heterocycles. The smallest absolute Gasteiger partial charge is 0.310 e. The van der Waals surface area contributed by atoms with Crippen molar-refractivity contribution in [2.45, 2.75) is 33.2 Å². The van der Waals surface area contributed by atoms with Crippen LogP contribution in [-0.2, 0) is 11.2 Å². The second-order valence-corrected chi connectivity index (χ2v) is 5.50. The van der Waals surface area contributed by atoms with E-state index in [1.54, 1.807) is 13.8 Å². The van der Waals surface area contributed by atoms with Crippen molar-refractivity contribution >= 4 is 11.7 Å². The Hall–Kier alpha value is -1.51. The Bertz CT molecular complexity index is 440. The van der Waals surface area contributed by atoms with Crippen LogP contribution < -0.4 is 4.90 Å². The predicted molar refractivity (Wildman–Crippen MR) is 68.4 cm³/mol. The van der Waals surface area contributed by atoms with Gasteiger partial charge in [-0.15, -0.1) is 0 Å². The first-order chi connectivity index (χ1) is 7.92. The molecule has 1 unspecified atom stereocenters. The third-order valence-corrected chi connectivity index (χ3v) is 3.49. The average molecular weight is 233 g/mol. The molecule has 0 aromatic heterocycles. The van der Waals surface area contributed by atoms with Crippen molar-refractivity contribution in [1.82, 2.24) is 0 Å². The van der Waals surface area contributed by atoms with E-state index in [2.05, 4.69) is 24.0 Å². The highest BCUT2D eigenvalue weighted by molar-refractivity contribution is 5.75. The van der Waals surface area contributed by atoms with Crippen LogP contribution in [0.25, 0.3) is 0 Å². The highest BCUT2D eigenvalue weighted by Gasteiger charge is 2.34. The largest absolute Gasteiger partial charge is 0.481 e. The molecular weight excluding hydrogens is 214 g/mol. The SMILES string of the molecule is CC1Cc2ccccc2N1CC(C)(C)C(=O)O. The van der Waals surface area contributed by atoms with Crippen LogP contribution >= 0.6 is 0 Å². The topological polar surface area (TPSA) is 40.5 Å². The van der Waals surface area contributed by atoms with E-state index in [1.807, 2.05) is 12.1 Å². The van der Waals surface area contributed by atoms with Gasteiger partial charge in [-0.1, -0.05) is 18.2 Å². The lowest BCUT2D eigenvalue weighted by Crippen LogP contribution is -2.41. The van der Waals surface area contributed by atoms with Crippen molar-refractivity contribution in [3.8, 4) is 0 Å². The van der Waals surface area contributed by atoms with Crippen LogP contribution in [0.5, 0.6) is 0 Å². The lowest BCUT2D eigenvalue weighted by molar-refractivity contribution is -0.146. The third-order valence-electron chi connectivity index (χ3n) is 3.49. The van der Waals surface area contributed by atoms with Gasteiger partial charge >= 0.3 is 5.97 Å². The summed E-state index contributed by atoms with van der Waals surface area (Å²) < 4.78 is 0. The summed E-state index contributed by atoms with van der Waals surface area (Å²) in [6, 6.07) is 8.64. The molecule has 0 saturated carbocycles. The highest BCUT2D eigenvalue weighted by Crippen LogP contribution is 2.34. The second-order valence-electron chi connectivity index (χ2n) is 5.50. The van der Waals surface area contributed by atoms with Crippen molar-refractivity contribution in [2.75, 3.05) is 11.4 Å². The summed E-state index contributed by atoms with van der Waals surface area (Å²) in [6.07, 6.45) is 1.01. The van der Waals surface area contributed by atoms with Crippen molar-refractivity contribution < 1.29 is 9.90 Å². The molecule has 92 valence electrons. The van der Waals surface area contributed by atoms with Crippen molar-refractivity contribution in [2.24, 2.45) is 5.41 Å². The van der Waals surface area contributed by atoms with Gasteiger partial charge in [0.1, 0.15) is 0 Å². The molecule has 3 heteroatoms. The zero-order valence-electron chi connectivity index (χ0n) is 10.6. The van der Waals surface area contributed by atoms with E-state index in [4.69, 9.17) is 0 Å². The van der Waals surface area contributed by atoms with Crippen LogP contribution in [0.3, 0.4) is 0 Å². The Labute approximate surface area is 102 Å². The molecule has 2 rings (SSSR count). The first-order valence-electron chi connectivity index (χ1n) is 6.00. The summed E-state index contributed by atoms with van der Waals surface area (Å²) in [4.78, 5) is 13.4. The molecule has 0 amide bonds. The lowest BCUT2D eigenvalue weighted by atomic mass is 9.92. The molecule has 0 aliphatic carbocycles. The number of fused-ring (bicyclic) bond motifs is 1. The maximum atomic E-state index is 11.2. The lowest BCUT2D eigenvalue weighted by Gasteiger charge is -2.31. The van der Waals surface area contributed by atoms with Crippen LogP contribution in [0.4, 0.5) is 5.69 Å². The molecule has 1 heterocycles. The summed E-state index contributed by atoms with van der Waals surface area (Å²) in [6.45, 7) is 6.27. The number of rotatable bonds is 3. The number of nitrogens with zero attached hydrogens (tertiary/aromatic N) is 1. The summed E-state index contributed by atoms with van der Waals surface area (Å²) >= 11 is 0. The van der Waals surface area contributed by atoms with E-state index in [0.29, 0.717) is 12.6 Å². The second kappa shape index (κ2) is 4.06. The number of carboxylic acids is 1. The minimum Gasteiger partial charge on any atom is -0.481 e. The standard InChI is InChI=1S/C14H19NO2/c1-10-8-11-6-4-5-7-12(11)15(10)9-14(2,3)13(16)17/h4-7,10H,8-9H2,1-3H3,(H,16,17). The Kier molecular flexibility index (Phi) is 2.86. The fourth-order valence-electron chi connectivity index (χ4n) is 2.36. The van der Waals surface area contributed by atoms with Gasteiger partial charge < -0.3 is 10.0 Å². The van der Waals surface area contributed by atoms with E-state index in [1.165, 1.54) is 11.3 Å². The number of benzene rings is 1. The molecule has 1 aromatic rings. The van der Waals surface area contributed by atoms with Crippen LogP contribution in [0.1, 0.15) is 26.3 Å². The molecule has 0 spiro atoms. The van der Waals surface area contributed by atoms with Gasteiger partial charge in [0.15, 0.2) is 0 Å². The molecule has 3 nitrogen and oxygen atoms in total. The number of anilines is 1. The summed E-state index contributed by atoms with van der Waals surface area (Å²) in [5.74, 6) is -0.742. The van der Waals surface area contributed by atoms with E-state index < -0.39 is 11.4 Å². The number of hydrogen-bond acceptors (Lipinski definition) is 2. The van der Waals surface area contributed by atoms with E-state index in [9.17, 15) is 9.90 Å². The van der Waals surface area contributed by atoms with Crippen LogP contribution in [0.2, 0.25) is 0 Å². The number of para-hydroxylation sites is 1. The Morgan fingerprint density at radius 3 is 2.76 bits per heavy atom. The molecule has 1 atom stereocenters. The number of hydrogen-bond donors (Lipinski definition) is 1. The maximum absolute atomic E-state index is 11.2. The average Bonchev–Trinajstić information content (AvgIpc) is 2.55. The zero-order chi connectivity index (χ0) is 12.6. The predicted octanol–water partition coefficient (Wildman–Crippen LogP) is 2.55. The monoisotopic (exact) mass is 233 g/mol. The minimum absolute atomic E-state index is 0.381. The normalized spacial score (nSPS) is 19.2. The molecule has 0 bridgehead atoms. The molecule has 0 radical (unpaired) electrons. The Morgan fingerprint density at radius 2 is 2.12 bits per heavy atom. The number of carboxylic acid groups (broad SMARTS) is 1. The van der Waals surface area contributed by atoms with Gasteiger partial charge in [0.25, 0.3) is 0 Å². The molecule has 1 aliphatic rings. The quantitative estimate of drug-likeness (QED) is 0.872. The van der Waals surface area contributed by atoms with Crippen LogP contribution in [-0.4, -0.2) is 23.7 Å². The molecule has 0 fully saturated rings. The first kappa shape index (κ1) is 12.0. The van der Waals surface area contributed by atoms with Crippen molar-refractivity contribution in [1.29, 1.82) is 0 Å². The molecule has 1 aliphatic heterocycles. The summed E-state index contributed by atoms with van der Waals surface area (Å²) in [7, 11) is 0. The van der Waals surface area contributed by atoms with Gasteiger partial charge in [-0.3, -0.25) is 4.79 Å². The third kappa shape index (κ3) is 2.14. The minimum atomic E-state index is -0.742. The van der Waals surface area contributed by atoms with E-state index >= 15 is 0 Å². The first-order valence-corrected chi connectivity index (χ1v) is 6.00. The number of carbonyl (C=O) groups is 1.